The van der Waals surface area contributed by atoms with Crippen molar-refractivity contribution < 1.29 is 47.4 Å². The summed E-state index contributed by atoms with van der Waals surface area (Å²) < 4.78 is 69.0. The summed E-state index contributed by atoms with van der Waals surface area (Å²) in [6, 6.07) is 71.3. The number of methoxy groups -OCH3 is 1. The van der Waals surface area contributed by atoms with Crippen LogP contribution in [0.3, 0.4) is 0 Å². The molecule has 0 spiro atoms. The van der Waals surface area contributed by atoms with Gasteiger partial charge >= 0.3 is 0 Å². The third-order valence-electron chi connectivity index (χ3n) is 13.4. The van der Waals surface area contributed by atoms with E-state index < -0.39 is 61.2 Å². The van der Waals surface area contributed by atoms with E-state index in [0.29, 0.717) is 59.1 Å². The van der Waals surface area contributed by atoms with Crippen molar-refractivity contribution in [3.8, 4) is 0 Å². The minimum atomic E-state index is -0.777. The van der Waals surface area contributed by atoms with Crippen LogP contribution in [0.15, 0.2) is 212 Å². The molecule has 10 nitrogen and oxygen atoms in total. The van der Waals surface area contributed by atoms with E-state index in [0.717, 1.165) is 38.9 Å². The first kappa shape index (κ1) is 52.0. The Morgan fingerprint density at radius 1 is 0.288 bits per heavy atom. The molecule has 2 heterocycles. The van der Waals surface area contributed by atoms with E-state index in [4.69, 9.17) is 47.4 Å². The maximum atomic E-state index is 7.32. The molecular weight excluding hydrogens is 917 g/mol. The van der Waals surface area contributed by atoms with Gasteiger partial charge in [0.1, 0.15) is 42.7 Å². The summed E-state index contributed by atoms with van der Waals surface area (Å²) >= 11 is 0. The van der Waals surface area contributed by atoms with Gasteiger partial charge in [0, 0.05) is 7.11 Å². The summed E-state index contributed by atoms with van der Waals surface area (Å²) in [7, 11) is 1.65. The van der Waals surface area contributed by atoms with Gasteiger partial charge in [-0.05, 0) is 51.8 Å². The summed E-state index contributed by atoms with van der Waals surface area (Å²) in [6.07, 6.45) is -4.87. The Morgan fingerprint density at radius 3 is 0.877 bits per heavy atom. The first-order valence-electron chi connectivity index (χ1n) is 25.6. The van der Waals surface area contributed by atoms with Crippen molar-refractivity contribution in [3.05, 3.63) is 251 Å². The normalized spacial score (nSPS) is 24.0. The molecule has 0 N–H and O–H groups in total. The molecule has 0 aliphatic carbocycles. The standard InChI is InChI=1S/C63H68O10/c1-64-63-62(71-45-53-35-21-8-22-36-53)61(70-44-52-33-19-7-20-34-52)58(67-41-49-27-13-4-14-28-49)55(73-63)38-37-54-57(66-40-48-25-11-3-12-26-48)60(69-43-51-31-17-6-18-32-51)59(68-42-50-29-15-5-16-30-50)56(72-54)46-65-39-47-23-9-2-10-24-47/h2-36,54-63H,37-46H2,1H3/t54-,55+,56+,57-,58+,59+,60+,61-,62+,63-/m0/s1. The highest BCUT2D eigenvalue weighted by molar-refractivity contribution is 5.19. The molecule has 2 saturated heterocycles. The lowest BCUT2D eigenvalue weighted by molar-refractivity contribution is -0.320. The molecule has 7 aromatic rings. The summed E-state index contributed by atoms with van der Waals surface area (Å²) in [4.78, 5) is 0. The van der Waals surface area contributed by atoms with Gasteiger partial charge in [-0.3, -0.25) is 0 Å². The van der Waals surface area contributed by atoms with Gasteiger partial charge in [-0.2, -0.15) is 0 Å². The molecule has 2 fully saturated rings. The highest BCUT2D eigenvalue weighted by Crippen LogP contribution is 2.37. The third kappa shape index (κ3) is 15.3. The average Bonchev–Trinajstić information content (AvgIpc) is 3.45. The van der Waals surface area contributed by atoms with Crippen molar-refractivity contribution in [1.29, 1.82) is 0 Å². The predicted octanol–water partition coefficient (Wildman–Crippen LogP) is 11.6. The summed E-state index contributed by atoms with van der Waals surface area (Å²) in [5.74, 6) is 0. The maximum Gasteiger partial charge on any atom is 0.186 e. The Kier molecular flexibility index (Phi) is 19.9. The van der Waals surface area contributed by atoms with Gasteiger partial charge in [-0.1, -0.05) is 212 Å². The van der Waals surface area contributed by atoms with Gasteiger partial charge < -0.3 is 47.4 Å². The van der Waals surface area contributed by atoms with Crippen molar-refractivity contribution in [1.82, 2.24) is 0 Å². The molecule has 0 aromatic heterocycles. The fourth-order valence-corrected chi connectivity index (χ4v) is 9.61. The molecule has 2 aliphatic heterocycles. The summed E-state index contributed by atoms with van der Waals surface area (Å²) in [6.45, 7) is 2.68. The third-order valence-corrected chi connectivity index (χ3v) is 13.4. The van der Waals surface area contributed by atoms with Crippen molar-refractivity contribution in [2.45, 2.75) is 120 Å². The lowest BCUT2D eigenvalue weighted by Crippen LogP contribution is -2.62. The molecule has 0 bridgehead atoms. The fourth-order valence-electron chi connectivity index (χ4n) is 9.61. The van der Waals surface area contributed by atoms with Gasteiger partial charge in [0.05, 0.1) is 65.1 Å². The van der Waals surface area contributed by atoms with Gasteiger partial charge in [-0.15, -0.1) is 0 Å². The summed E-state index contributed by atoms with van der Waals surface area (Å²) in [5, 5.41) is 0. The van der Waals surface area contributed by atoms with Crippen LogP contribution < -0.4 is 0 Å². The molecule has 0 unspecified atom stereocenters. The zero-order valence-electron chi connectivity index (χ0n) is 41.6. The zero-order chi connectivity index (χ0) is 49.7. The SMILES string of the molecule is CO[C@H]1O[C@H](CC[C@@H]2O[C@H](COCc3ccccc3)[C@@H](OCc3ccccc3)[C@H](OCc3ccccc3)[C@H]2OCc2ccccc2)[C@@H](OCc2ccccc2)[C@H](OCc2ccccc2)[C@H]1OCc1ccccc1. The predicted molar refractivity (Wildman–Crippen MR) is 280 cm³/mol. The lowest BCUT2D eigenvalue weighted by Gasteiger charge is -2.48. The smallest absolute Gasteiger partial charge is 0.186 e. The van der Waals surface area contributed by atoms with Crippen LogP contribution in [0.4, 0.5) is 0 Å². The van der Waals surface area contributed by atoms with Gasteiger partial charge in [0.25, 0.3) is 0 Å². The number of ether oxygens (including phenoxy) is 10. The van der Waals surface area contributed by atoms with Crippen LogP contribution in [0, 0.1) is 0 Å². The molecule has 10 atom stereocenters. The van der Waals surface area contributed by atoms with Crippen LogP contribution >= 0.6 is 0 Å². The van der Waals surface area contributed by atoms with E-state index in [9.17, 15) is 0 Å². The van der Waals surface area contributed by atoms with Crippen LogP contribution in [0.1, 0.15) is 51.8 Å². The monoisotopic (exact) mass is 984 g/mol. The van der Waals surface area contributed by atoms with Crippen molar-refractivity contribution in [2.24, 2.45) is 0 Å². The van der Waals surface area contributed by atoms with Crippen LogP contribution in [0.5, 0.6) is 0 Å². The lowest BCUT2D eigenvalue weighted by atomic mass is 9.88. The highest BCUT2D eigenvalue weighted by atomic mass is 16.7. The topological polar surface area (TPSA) is 92.3 Å². The molecule has 7 aromatic carbocycles. The van der Waals surface area contributed by atoms with E-state index in [-0.39, 0.29) is 6.61 Å². The van der Waals surface area contributed by atoms with Crippen LogP contribution in [-0.2, 0) is 93.6 Å². The second-order valence-electron chi connectivity index (χ2n) is 18.6. The van der Waals surface area contributed by atoms with Crippen molar-refractivity contribution in [3.63, 3.8) is 0 Å². The maximum absolute atomic E-state index is 7.32. The van der Waals surface area contributed by atoms with Gasteiger partial charge in [0.15, 0.2) is 6.29 Å². The fraction of sp³-hybridized carbons (Fsp3) is 0.333. The van der Waals surface area contributed by atoms with Crippen LogP contribution in [-0.4, -0.2) is 74.9 Å². The molecule has 0 amide bonds. The Bertz CT molecular complexity index is 2560. The van der Waals surface area contributed by atoms with E-state index in [1.807, 2.05) is 140 Å². The summed E-state index contributed by atoms with van der Waals surface area (Å²) in [5.41, 5.74) is 7.26. The minimum absolute atomic E-state index is 0.256. The van der Waals surface area contributed by atoms with E-state index in [1.165, 1.54) is 0 Å². The molecule has 2 aliphatic rings. The van der Waals surface area contributed by atoms with Gasteiger partial charge in [0.2, 0.25) is 0 Å². The molecule has 73 heavy (non-hydrogen) atoms. The quantitative estimate of drug-likeness (QED) is 0.0522. The minimum Gasteiger partial charge on any atom is -0.374 e. The molecular formula is C63H68O10. The molecule has 10 heteroatoms. The molecule has 9 rings (SSSR count). The molecule has 0 radical (unpaired) electrons. The Labute approximate surface area is 431 Å². The second-order valence-corrected chi connectivity index (χ2v) is 18.6. The average molecular weight is 985 g/mol. The van der Waals surface area contributed by atoms with E-state index >= 15 is 0 Å². The Hall–Kier alpha value is -5.86. The van der Waals surface area contributed by atoms with Crippen LogP contribution in [0.2, 0.25) is 0 Å². The van der Waals surface area contributed by atoms with E-state index in [2.05, 4.69) is 72.8 Å². The first-order valence-corrected chi connectivity index (χ1v) is 25.6. The van der Waals surface area contributed by atoms with Crippen molar-refractivity contribution in [2.75, 3.05) is 13.7 Å². The molecule has 380 valence electrons. The van der Waals surface area contributed by atoms with Crippen LogP contribution in [0.25, 0.3) is 0 Å². The zero-order valence-corrected chi connectivity index (χ0v) is 41.6. The number of rotatable bonds is 26. The number of hydrogen-bond donors (Lipinski definition) is 0. The van der Waals surface area contributed by atoms with Crippen molar-refractivity contribution >= 4 is 0 Å². The van der Waals surface area contributed by atoms with Gasteiger partial charge in [-0.25, -0.2) is 0 Å². The number of hydrogen-bond acceptors (Lipinski definition) is 10. The molecule has 0 saturated carbocycles. The Morgan fingerprint density at radius 2 is 0.548 bits per heavy atom. The highest BCUT2D eigenvalue weighted by Gasteiger charge is 2.51. The largest absolute Gasteiger partial charge is 0.374 e. The number of benzene rings is 7. The Balaban J connectivity index is 1.05. The second kappa shape index (κ2) is 28.0. The van der Waals surface area contributed by atoms with E-state index in [1.54, 1.807) is 7.11 Å². The first-order chi connectivity index (χ1) is 36.2.